The minimum Gasteiger partial charge on any atom is -0.496 e. The number of rotatable bonds is 3. The molecule has 3 rings (SSSR count). The Kier molecular flexibility index (Phi) is 4.54. The van der Waals surface area contributed by atoms with E-state index < -0.39 is 5.79 Å². The van der Waals surface area contributed by atoms with E-state index in [1.54, 1.807) is 20.1 Å². The molecule has 0 N–H and O–H groups in total. The monoisotopic (exact) mass is 340 g/mol. The molecule has 0 bridgehead atoms. The molecule has 0 amide bonds. The lowest BCUT2D eigenvalue weighted by molar-refractivity contribution is -0.194. The summed E-state index contributed by atoms with van der Waals surface area (Å²) in [5.74, 6) is -1.05. The van der Waals surface area contributed by atoms with Gasteiger partial charge in [0.2, 0.25) is 0 Å². The molecule has 1 heterocycles. The highest BCUT2D eigenvalue weighted by Gasteiger charge is 2.52. The highest BCUT2D eigenvalue weighted by atomic mass is 35.5. The summed E-state index contributed by atoms with van der Waals surface area (Å²) in [6.07, 6.45) is 0.400. The Balaban J connectivity index is 2.16. The Morgan fingerprint density at radius 3 is 2.70 bits per heavy atom. The summed E-state index contributed by atoms with van der Waals surface area (Å²) in [6, 6.07) is 3.59. The third kappa shape index (κ3) is 2.61. The van der Waals surface area contributed by atoms with Gasteiger partial charge < -0.3 is 18.9 Å². The molecule has 1 aromatic rings. The smallest absolute Gasteiger partial charge is 0.309 e. The Hall–Kier alpha value is -1.30. The first-order valence-electron chi connectivity index (χ1n) is 7.85. The van der Waals surface area contributed by atoms with Gasteiger partial charge in [-0.25, -0.2) is 0 Å². The first kappa shape index (κ1) is 16.6. The fraction of sp³-hybridized carbons (Fsp3) is 0.588. The van der Waals surface area contributed by atoms with E-state index in [4.69, 9.17) is 30.5 Å². The van der Waals surface area contributed by atoms with Crippen molar-refractivity contribution in [2.24, 2.45) is 5.92 Å². The molecule has 2 atom stereocenters. The molecule has 0 unspecified atom stereocenters. The number of ether oxygens (including phenoxy) is 4. The summed E-state index contributed by atoms with van der Waals surface area (Å²) in [4.78, 5) is 12.4. The van der Waals surface area contributed by atoms with Crippen LogP contribution in [0.1, 0.15) is 37.3 Å². The van der Waals surface area contributed by atoms with Gasteiger partial charge in [0.05, 0.1) is 38.4 Å². The summed E-state index contributed by atoms with van der Waals surface area (Å²) in [5, 5.41) is 0.584. The third-order valence-electron chi connectivity index (χ3n) is 4.65. The van der Waals surface area contributed by atoms with Crippen LogP contribution in [-0.2, 0) is 24.8 Å². The Morgan fingerprint density at radius 2 is 2.09 bits per heavy atom. The number of hydrogen-bond acceptors (Lipinski definition) is 5. The largest absolute Gasteiger partial charge is 0.496 e. The van der Waals surface area contributed by atoms with E-state index in [1.807, 2.05) is 13.0 Å². The fourth-order valence-electron chi connectivity index (χ4n) is 3.61. The second kappa shape index (κ2) is 6.30. The van der Waals surface area contributed by atoms with Gasteiger partial charge in [-0.3, -0.25) is 4.79 Å². The van der Waals surface area contributed by atoms with E-state index in [0.717, 1.165) is 11.1 Å². The van der Waals surface area contributed by atoms with E-state index in [0.29, 0.717) is 37.0 Å². The molecular weight excluding hydrogens is 320 g/mol. The minimum absolute atomic E-state index is 0.106. The molecule has 1 aliphatic heterocycles. The third-order valence-corrected chi connectivity index (χ3v) is 4.98. The van der Waals surface area contributed by atoms with Gasteiger partial charge in [0.1, 0.15) is 5.75 Å². The van der Waals surface area contributed by atoms with Crippen molar-refractivity contribution in [1.29, 1.82) is 0 Å². The van der Waals surface area contributed by atoms with Crippen LogP contribution in [-0.4, -0.2) is 32.9 Å². The van der Waals surface area contributed by atoms with Crippen molar-refractivity contribution in [3.63, 3.8) is 0 Å². The van der Waals surface area contributed by atoms with E-state index in [1.165, 1.54) is 0 Å². The lowest BCUT2D eigenvalue weighted by atomic mass is 9.72. The van der Waals surface area contributed by atoms with Gasteiger partial charge in [0.15, 0.2) is 5.79 Å². The van der Waals surface area contributed by atoms with Crippen LogP contribution in [0.15, 0.2) is 12.1 Å². The van der Waals surface area contributed by atoms with Crippen molar-refractivity contribution in [1.82, 2.24) is 0 Å². The van der Waals surface area contributed by atoms with E-state index in [2.05, 4.69) is 0 Å². The molecule has 126 valence electrons. The average Bonchev–Trinajstić information content (AvgIpc) is 3.00. The second-order valence-electron chi connectivity index (χ2n) is 5.84. The molecule has 5 nitrogen and oxygen atoms in total. The zero-order chi connectivity index (χ0) is 16.6. The summed E-state index contributed by atoms with van der Waals surface area (Å²) < 4.78 is 22.6. The van der Waals surface area contributed by atoms with Crippen LogP contribution in [0.3, 0.4) is 0 Å². The van der Waals surface area contributed by atoms with Crippen LogP contribution in [0, 0.1) is 5.92 Å². The maximum Gasteiger partial charge on any atom is 0.309 e. The predicted molar refractivity (Wildman–Crippen MR) is 84.7 cm³/mol. The van der Waals surface area contributed by atoms with Gasteiger partial charge in [0.25, 0.3) is 0 Å². The Labute approximate surface area is 140 Å². The van der Waals surface area contributed by atoms with Crippen LogP contribution in [0.25, 0.3) is 0 Å². The van der Waals surface area contributed by atoms with Gasteiger partial charge in [-0.15, -0.1) is 0 Å². The summed E-state index contributed by atoms with van der Waals surface area (Å²) in [6.45, 7) is 5.06. The molecule has 1 saturated heterocycles. The number of methoxy groups -OCH3 is 1. The highest BCUT2D eigenvalue weighted by molar-refractivity contribution is 6.31. The number of carbonyl (C=O) groups excluding carboxylic acids is 1. The molecule has 1 aromatic carbocycles. The van der Waals surface area contributed by atoms with E-state index >= 15 is 0 Å². The summed E-state index contributed by atoms with van der Waals surface area (Å²) >= 11 is 6.46. The predicted octanol–water partition coefficient (Wildman–Crippen LogP) is 3.23. The summed E-state index contributed by atoms with van der Waals surface area (Å²) in [7, 11) is 1.61. The Bertz CT molecular complexity index is 609. The van der Waals surface area contributed by atoms with Crippen LogP contribution in [0.4, 0.5) is 0 Å². The van der Waals surface area contributed by atoms with Crippen molar-refractivity contribution in [2.75, 3.05) is 26.9 Å². The first-order valence-corrected chi connectivity index (χ1v) is 8.23. The number of esters is 1. The topological polar surface area (TPSA) is 54.0 Å². The van der Waals surface area contributed by atoms with Crippen molar-refractivity contribution >= 4 is 17.6 Å². The molecule has 1 aliphatic carbocycles. The number of hydrogen-bond donors (Lipinski definition) is 0. The maximum atomic E-state index is 12.4. The van der Waals surface area contributed by atoms with Crippen LogP contribution < -0.4 is 4.74 Å². The number of halogens is 1. The van der Waals surface area contributed by atoms with Gasteiger partial charge in [-0.1, -0.05) is 18.5 Å². The number of fused-ring (bicyclic) bond motifs is 2. The van der Waals surface area contributed by atoms with Crippen molar-refractivity contribution in [2.45, 2.75) is 32.0 Å². The summed E-state index contributed by atoms with van der Waals surface area (Å²) in [5.41, 5.74) is 1.65. The van der Waals surface area contributed by atoms with E-state index in [-0.39, 0.29) is 17.8 Å². The average molecular weight is 341 g/mol. The molecule has 1 fully saturated rings. The maximum absolute atomic E-state index is 12.4. The molecule has 0 saturated carbocycles. The van der Waals surface area contributed by atoms with Crippen molar-refractivity contribution in [3.8, 4) is 5.75 Å². The highest BCUT2D eigenvalue weighted by Crippen LogP contribution is 2.54. The van der Waals surface area contributed by atoms with Gasteiger partial charge in [0, 0.05) is 11.4 Å². The lowest BCUT2D eigenvalue weighted by Crippen LogP contribution is -2.41. The van der Waals surface area contributed by atoms with Crippen LogP contribution >= 0.6 is 11.6 Å². The fourth-order valence-corrected chi connectivity index (χ4v) is 3.94. The normalized spacial score (nSPS) is 25.2. The van der Waals surface area contributed by atoms with Crippen LogP contribution in [0.5, 0.6) is 5.75 Å². The molecule has 0 radical (unpaired) electrons. The molecule has 0 aromatic heterocycles. The zero-order valence-corrected chi connectivity index (χ0v) is 14.3. The minimum atomic E-state index is -0.991. The lowest BCUT2D eigenvalue weighted by Gasteiger charge is -2.41. The van der Waals surface area contributed by atoms with E-state index in [9.17, 15) is 4.79 Å². The number of carbonyl (C=O) groups is 1. The second-order valence-corrected chi connectivity index (χ2v) is 6.25. The number of benzene rings is 1. The standard InChI is InChI=1S/C17H21ClO5/c1-4-21-16(19)11-9-17(22-7-8-23-17)15-13(20-3)6-5-12(18)14(15)10(11)2/h5-6,10-11H,4,7-9H2,1-3H3/t10-,11-/m0/s1. The Morgan fingerprint density at radius 1 is 1.39 bits per heavy atom. The van der Waals surface area contributed by atoms with Crippen LogP contribution in [0.2, 0.25) is 5.02 Å². The van der Waals surface area contributed by atoms with Gasteiger partial charge >= 0.3 is 5.97 Å². The molecule has 2 aliphatic rings. The van der Waals surface area contributed by atoms with Gasteiger partial charge in [-0.2, -0.15) is 0 Å². The van der Waals surface area contributed by atoms with Crippen molar-refractivity contribution in [3.05, 3.63) is 28.3 Å². The molecule has 6 heteroatoms. The molecular formula is C17H21ClO5. The quantitative estimate of drug-likeness (QED) is 0.791. The first-order chi connectivity index (χ1) is 11.0. The van der Waals surface area contributed by atoms with Gasteiger partial charge in [-0.05, 0) is 30.5 Å². The molecule has 1 spiro atoms. The molecule has 23 heavy (non-hydrogen) atoms. The SMILES string of the molecule is CCOC(=O)[C@H]1CC2(OCCO2)c2c(OC)ccc(Cl)c2[C@H]1C. The zero-order valence-electron chi connectivity index (χ0n) is 13.6. The van der Waals surface area contributed by atoms with Crippen molar-refractivity contribution < 1.29 is 23.7 Å².